The van der Waals surface area contributed by atoms with Crippen molar-refractivity contribution in [2.24, 2.45) is 11.8 Å². The molecule has 0 spiro atoms. The summed E-state index contributed by atoms with van der Waals surface area (Å²) in [5, 5.41) is 18.8. The number of carboxylic acids is 1. The molecule has 1 aliphatic carbocycles. The SMILES string of the molecule is CCCCCC=CCC1C(O)CC(=O)C1CC=CCCCCCC(=O)O. The molecule has 0 aliphatic heterocycles. The van der Waals surface area contributed by atoms with Crippen molar-refractivity contribution in [1.29, 1.82) is 0 Å². The van der Waals surface area contributed by atoms with Crippen LogP contribution in [-0.2, 0) is 9.59 Å². The molecule has 0 saturated heterocycles. The van der Waals surface area contributed by atoms with Crippen molar-refractivity contribution in [3.8, 4) is 0 Å². The van der Waals surface area contributed by atoms with E-state index in [1.165, 1.54) is 19.3 Å². The number of rotatable bonds is 14. The average Bonchev–Trinajstić information content (AvgIpc) is 2.86. The fourth-order valence-corrected chi connectivity index (χ4v) is 3.60. The van der Waals surface area contributed by atoms with E-state index < -0.39 is 12.1 Å². The Kier molecular flexibility index (Phi) is 12.0. The van der Waals surface area contributed by atoms with E-state index in [0.29, 0.717) is 12.8 Å². The molecule has 2 N–H and O–H groups in total. The van der Waals surface area contributed by atoms with Crippen LogP contribution in [-0.4, -0.2) is 28.1 Å². The predicted octanol–water partition coefficient (Wildman–Crippen LogP) is 5.06. The van der Waals surface area contributed by atoms with Crippen LogP contribution in [0.25, 0.3) is 0 Å². The van der Waals surface area contributed by atoms with Gasteiger partial charge in [-0.15, -0.1) is 0 Å². The summed E-state index contributed by atoms with van der Waals surface area (Å²) in [6, 6.07) is 0. The minimum absolute atomic E-state index is 0.0464. The number of carboxylic acid groups (broad SMARTS) is 1. The van der Waals surface area contributed by atoms with Crippen molar-refractivity contribution in [2.45, 2.75) is 90.1 Å². The summed E-state index contributed by atoms with van der Waals surface area (Å²) in [6.07, 6.45) is 18.3. The van der Waals surface area contributed by atoms with Gasteiger partial charge in [0.1, 0.15) is 5.78 Å². The summed E-state index contributed by atoms with van der Waals surface area (Å²) in [4.78, 5) is 22.6. The third kappa shape index (κ3) is 9.33. The molecule has 4 heteroatoms. The lowest BCUT2D eigenvalue weighted by molar-refractivity contribution is -0.137. The molecule has 3 atom stereocenters. The maximum Gasteiger partial charge on any atom is 0.303 e. The van der Waals surface area contributed by atoms with Gasteiger partial charge in [0.2, 0.25) is 0 Å². The smallest absolute Gasteiger partial charge is 0.303 e. The maximum absolute atomic E-state index is 12.2. The molecule has 1 rings (SSSR count). The lowest BCUT2D eigenvalue weighted by atomic mass is 9.88. The van der Waals surface area contributed by atoms with Gasteiger partial charge in [-0.05, 0) is 50.9 Å². The van der Waals surface area contributed by atoms with Crippen LogP contribution in [0.5, 0.6) is 0 Å². The van der Waals surface area contributed by atoms with Crippen LogP contribution < -0.4 is 0 Å². The zero-order chi connectivity index (χ0) is 19.2. The third-order valence-corrected chi connectivity index (χ3v) is 5.20. The average molecular weight is 365 g/mol. The molecule has 148 valence electrons. The standard InChI is InChI=1S/C22H36O4/c1-2-3-4-5-8-11-14-18-19(21(24)17-20(18)23)15-12-9-6-7-10-13-16-22(25)26/h8-9,11-12,18-20,23H,2-7,10,13-17H2,1H3,(H,25,26). The topological polar surface area (TPSA) is 74.6 Å². The molecular formula is C22H36O4. The number of aliphatic hydroxyl groups excluding tert-OH is 1. The number of aliphatic carboxylic acids is 1. The Bertz CT molecular complexity index is 467. The van der Waals surface area contributed by atoms with E-state index in [9.17, 15) is 14.7 Å². The van der Waals surface area contributed by atoms with E-state index in [2.05, 4.69) is 31.2 Å². The van der Waals surface area contributed by atoms with Crippen molar-refractivity contribution >= 4 is 11.8 Å². The molecule has 4 nitrogen and oxygen atoms in total. The first-order valence-corrected chi connectivity index (χ1v) is 10.3. The highest BCUT2D eigenvalue weighted by molar-refractivity contribution is 5.84. The highest BCUT2D eigenvalue weighted by Gasteiger charge is 2.39. The number of aliphatic hydroxyl groups is 1. The fraction of sp³-hybridized carbons (Fsp3) is 0.727. The molecule has 26 heavy (non-hydrogen) atoms. The molecule has 3 unspecified atom stereocenters. The van der Waals surface area contributed by atoms with Gasteiger partial charge in [0.25, 0.3) is 0 Å². The molecule has 0 heterocycles. The number of carbonyl (C=O) groups excluding carboxylic acids is 1. The molecule has 0 aromatic heterocycles. The van der Waals surface area contributed by atoms with Crippen LogP contribution in [0, 0.1) is 11.8 Å². The number of hydrogen-bond donors (Lipinski definition) is 2. The van der Waals surface area contributed by atoms with Crippen LogP contribution in [0.4, 0.5) is 0 Å². The van der Waals surface area contributed by atoms with Gasteiger partial charge in [0, 0.05) is 18.8 Å². The van der Waals surface area contributed by atoms with Crippen LogP contribution in [0.15, 0.2) is 24.3 Å². The first kappa shape index (κ1) is 22.6. The van der Waals surface area contributed by atoms with Gasteiger partial charge in [-0.2, -0.15) is 0 Å². The Morgan fingerprint density at radius 1 is 1.00 bits per heavy atom. The quantitative estimate of drug-likeness (QED) is 0.334. The monoisotopic (exact) mass is 364 g/mol. The number of ketones is 1. The van der Waals surface area contributed by atoms with Crippen LogP contribution in [0.3, 0.4) is 0 Å². The van der Waals surface area contributed by atoms with E-state index in [1.54, 1.807) is 0 Å². The van der Waals surface area contributed by atoms with Crippen molar-refractivity contribution < 1.29 is 19.8 Å². The minimum Gasteiger partial charge on any atom is -0.481 e. The summed E-state index contributed by atoms with van der Waals surface area (Å²) < 4.78 is 0. The Labute approximate surface area is 158 Å². The Morgan fingerprint density at radius 2 is 1.65 bits per heavy atom. The molecule has 0 bridgehead atoms. The lowest BCUT2D eigenvalue weighted by Gasteiger charge is -2.18. The summed E-state index contributed by atoms with van der Waals surface area (Å²) >= 11 is 0. The Balaban J connectivity index is 2.29. The Morgan fingerprint density at radius 3 is 2.31 bits per heavy atom. The number of carbonyl (C=O) groups is 2. The first-order chi connectivity index (χ1) is 12.6. The minimum atomic E-state index is -0.732. The zero-order valence-electron chi connectivity index (χ0n) is 16.2. The zero-order valence-corrected chi connectivity index (χ0v) is 16.2. The molecule has 1 aliphatic rings. The number of Topliss-reactive ketones (excluding diaryl/α,β-unsaturated/α-hetero) is 1. The van der Waals surface area contributed by atoms with Gasteiger partial charge in [0.15, 0.2) is 0 Å². The molecule has 0 aromatic rings. The van der Waals surface area contributed by atoms with Crippen molar-refractivity contribution in [1.82, 2.24) is 0 Å². The normalized spacial score (nSPS) is 23.5. The van der Waals surface area contributed by atoms with Crippen molar-refractivity contribution in [2.75, 3.05) is 0 Å². The van der Waals surface area contributed by atoms with Gasteiger partial charge in [0.05, 0.1) is 6.10 Å². The largest absolute Gasteiger partial charge is 0.481 e. The van der Waals surface area contributed by atoms with Gasteiger partial charge < -0.3 is 10.2 Å². The first-order valence-electron chi connectivity index (χ1n) is 10.3. The van der Waals surface area contributed by atoms with Crippen LogP contribution in [0.2, 0.25) is 0 Å². The second-order valence-corrected chi connectivity index (χ2v) is 7.41. The van der Waals surface area contributed by atoms with E-state index in [4.69, 9.17) is 5.11 Å². The molecule has 1 fully saturated rings. The van der Waals surface area contributed by atoms with Crippen molar-refractivity contribution in [3.63, 3.8) is 0 Å². The number of unbranched alkanes of at least 4 members (excludes halogenated alkanes) is 6. The van der Waals surface area contributed by atoms with Crippen LogP contribution >= 0.6 is 0 Å². The summed E-state index contributed by atoms with van der Waals surface area (Å²) in [5.74, 6) is -0.559. The molecule has 0 amide bonds. The van der Waals surface area contributed by atoms with Gasteiger partial charge in [-0.3, -0.25) is 9.59 Å². The number of allylic oxidation sites excluding steroid dienone is 4. The summed E-state index contributed by atoms with van der Waals surface area (Å²) in [6.45, 7) is 2.19. The summed E-state index contributed by atoms with van der Waals surface area (Å²) in [7, 11) is 0. The molecule has 0 radical (unpaired) electrons. The predicted molar refractivity (Wildman–Crippen MR) is 105 cm³/mol. The van der Waals surface area contributed by atoms with Gasteiger partial charge in [-0.1, -0.05) is 50.5 Å². The highest BCUT2D eigenvalue weighted by atomic mass is 16.4. The number of hydrogen-bond acceptors (Lipinski definition) is 3. The van der Waals surface area contributed by atoms with Crippen molar-refractivity contribution in [3.05, 3.63) is 24.3 Å². The maximum atomic E-state index is 12.2. The highest BCUT2D eigenvalue weighted by Crippen LogP contribution is 2.34. The third-order valence-electron chi connectivity index (χ3n) is 5.20. The summed E-state index contributed by atoms with van der Waals surface area (Å²) in [5.41, 5.74) is 0. The Hall–Kier alpha value is -1.42. The van der Waals surface area contributed by atoms with E-state index >= 15 is 0 Å². The van der Waals surface area contributed by atoms with Gasteiger partial charge >= 0.3 is 5.97 Å². The van der Waals surface area contributed by atoms with E-state index in [0.717, 1.165) is 38.5 Å². The molecule has 1 saturated carbocycles. The second-order valence-electron chi connectivity index (χ2n) is 7.41. The fourth-order valence-electron chi connectivity index (χ4n) is 3.60. The van der Waals surface area contributed by atoms with Crippen LogP contribution in [0.1, 0.15) is 84.0 Å². The van der Waals surface area contributed by atoms with Gasteiger partial charge in [-0.25, -0.2) is 0 Å². The molecular weight excluding hydrogens is 328 g/mol. The van der Waals surface area contributed by atoms with E-state index in [1.807, 2.05) is 0 Å². The lowest BCUT2D eigenvalue weighted by Crippen LogP contribution is -2.19. The van der Waals surface area contributed by atoms with E-state index in [-0.39, 0.29) is 24.0 Å². The second kappa shape index (κ2) is 13.7. The molecule has 0 aromatic carbocycles.